The molecule has 0 bridgehead atoms. The van der Waals surface area contributed by atoms with Crippen LogP contribution in [0.1, 0.15) is 6.42 Å². The Morgan fingerprint density at radius 2 is 2.40 bits per heavy atom. The molecule has 1 aliphatic carbocycles. The number of hydrogen-bond donors (Lipinski definition) is 2. The molecule has 1 aliphatic rings. The van der Waals surface area contributed by atoms with Crippen molar-refractivity contribution in [2.75, 3.05) is 7.11 Å². The zero-order chi connectivity index (χ0) is 7.56. The van der Waals surface area contributed by atoms with Crippen LogP contribution in [-0.4, -0.2) is 23.4 Å². The van der Waals surface area contributed by atoms with Gasteiger partial charge in [0.15, 0.2) is 11.5 Å². The average Bonchev–Trinajstić information content (AvgIpc) is 1.88. The molecule has 3 heteroatoms. The second-order valence-corrected chi connectivity index (χ2v) is 2.13. The second-order valence-electron chi connectivity index (χ2n) is 2.13. The highest BCUT2D eigenvalue weighted by atomic mass is 16.5. The minimum absolute atomic E-state index is 0.0150. The predicted molar refractivity (Wildman–Crippen MR) is 36.4 cm³/mol. The molecule has 1 rings (SSSR count). The van der Waals surface area contributed by atoms with Gasteiger partial charge in [-0.1, -0.05) is 0 Å². The molecule has 0 amide bonds. The van der Waals surface area contributed by atoms with Crippen LogP contribution >= 0.6 is 0 Å². The lowest BCUT2D eigenvalue weighted by atomic mass is 10.1. The van der Waals surface area contributed by atoms with Gasteiger partial charge < -0.3 is 14.9 Å². The second kappa shape index (κ2) is 2.75. The monoisotopic (exact) mass is 142 g/mol. The van der Waals surface area contributed by atoms with Gasteiger partial charge in [-0.15, -0.1) is 0 Å². The molecular weight excluding hydrogens is 132 g/mol. The van der Waals surface area contributed by atoms with E-state index >= 15 is 0 Å². The summed E-state index contributed by atoms with van der Waals surface area (Å²) in [7, 11) is 1.48. The van der Waals surface area contributed by atoms with Gasteiger partial charge in [-0.05, 0) is 18.6 Å². The van der Waals surface area contributed by atoms with Crippen molar-refractivity contribution in [2.45, 2.75) is 12.5 Å². The SMILES string of the molecule is COC1=CCC(O)C=C1O. The summed E-state index contributed by atoms with van der Waals surface area (Å²) in [6.45, 7) is 0. The Hall–Kier alpha value is -0.960. The maximum absolute atomic E-state index is 9.05. The molecule has 0 saturated heterocycles. The van der Waals surface area contributed by atoms with E-state index in [1.165, 1.54) is 13.2 Å². The van der Waals surface area contributed by atoms with E-state index in [1.807, 2.05) is 0 Å². The fourth-order valence-electron chi connectivity index (χ4n) is 0.853. The van der Waals surface area contributed by atoms with Crippen LogP contribution in [0.3, 0.4) is 0 Å². The molecule has 1 unspecified atom stereocenters. The van der Waals surface area contributed by atoms with E-state index in [0.717, 1.165) is 0 Å². The number of rotatable bonds is 1. The maximum atomic E-state index is 9.05. The van der Waals surface area contributed by atoms with Crippen LogP contribution < -0.4 is 0 Å². The summed E-state index contributed by atoms with van der Waals surface area (Å²) in [5.74, 6) is 0.451. The summed E-state index contributed by atoms with van der Waals surface area (Å²) in [6.07, 6.45) is 2.95. The van der Waals surface area contributed by atoms with Gasteiger partial charge in [0.1, 0.15) is 0 Å². The average molecular weight is 142 g/mol. The lowest BCUT2D eigenvalue weighted by Gasteiger charge is -2.12. The Kier molecular flexibility index (Phi) is 1.97. The van der Waals surface area contributed by atoms with Gasteiger partial charge >= 0.3 is 0 Å². The van der Waals surface area contributed by atoms with Crippen LogP contribution in [0.2, 0.25) is 0 Å². The largest absolute Gasteiger partial charge is 0.504 e. The Labute approximate surface area is 59.2 Å². The number of ether oxygens (including phenoxy) is 1. The lowest BCUT2D eigenvalue weighted by molar-refractivity contribution is 0.196. The minimum atomic E-state index is -0.570. The van der Waals surface area contributed by atoms with Crippen LogP contribution in [0, 0.1) is 0 Å². The summed E-state index contributed by atoms with van der Waals surface area (Å²) in [6, 6.07) is 0. The fourth-order valence-corrected chi connectivity index (χ4v) is 0.853. The normalized spacial score (nSPS) is 25.2. The van der Waals surface area contributed by atoms with Gasteiger partial charge in [-0.25, -0.2) is 0 Å². The summed E-state index contributed by atoms with van der Waals surface area (Å²) < 4.78 is 4.78. The van der Waals surface area contributed by atoms with Gasteiger partial charge in [0.2, 0.25) is 0 Å². The zero-order valence-electron chi connectivity index (χ0n) is 5.74. The molecule has 0 spiro atoms. The smallest absolute Gasteiger partial charge is 0.156 e. The van der Waals surface area contributed by atoms with E-state index < -0.39 is 6.10 Å². The van der Waals surface area contributed by atoms with E-state index in [4.69, 9.17) is 14.9 Å². The van der Waals surface area contributed by atoms with E-state index in [-0.39, 0.29) is 5.76 Å². The molecule has 0 aromatic heterocycles. The quantitative estimate of drug-likeness (QED) is 0.567. The molecule has 0 saturated carbocycles. The van der Waals surface area contributed by atoms with Crippen molar-refractivity contribution in [3.63, 3.8) is 0 Å². The van der Waals surface area contributed by atoms with Gasteiger partial charge in [-0.3, -0.25) is 0 Å². The van der Waals surface area contributed by atoms with Gasteiger partial charge in [-0.2, -0.15) is 0 Å². The summed E-state index contributed by atoms with van der Waals surface area (Å²) in [5.41, 5.74) is 0. The highest BCUT2D eigenvalue weighted by Crippen LogP contribution is 2.16. The van der Waals surface area contributed by atoms with Crippen molar-refractivity contribution in [3.05, 3.63) is 23.7 Å². The maximum Gasteiger partial charge on any atom is 0.156 e. The first kappa shape index (κ1) is 7.15. The Morgan fingerprint density at radius 1 is 1.70 bits per heavy atom. The zero-order valence-corrected chi connectivity index (χ0v) is 5.74. The Balaban J connectivity index is 2.71. The van der Waals surface area contributed by atoms with Gasteiger partial charge in [0, 0.05) is 0 Å². The third-order valence-corrected chi connectivity index (χ3v) is 1.37. The molecule has 3 nitrogen and oxygen atoms in total. The first-order chi connectivity index (χ1) is 4.74. The number of aliphatic hydroxyl groups excluding tert-OH is 2. The van der Waals surface area contributed by atoms with Crippen LogP contribution in [0.25, 0.3) is 0 Å². The molecule has 0 heterocycles. The molecule has 0 aromatic rings. The van der Waals surface area contributed by atoms with Gasteiger partial charge in [0.05, 0.1) is 13.2 Å². The fraction of sp³-hybridized carbons (Fsp3) is 0.429. The highest BCUT2D eigenvalue weighted by Gasteiger charge is 2.12. The predicted octanol–water partition coefficient (Wildman–Crippen LogP) is 0.723. The lowest BCUT2D eigenvalue weighted by Crippen LogP contribution is -2.09. The van der Waals surface area contributed by atoms with Crippen molar-refractivity contribution in [3.8, 4) is 0 Å². The molecule has 0 aliphatic heterocycles. The van der Waals surface area contributed by atoms with Crippen LogP contribution in [0.5, 0.6) is 0 Å². The first-order valence-electron chi connectivity index (χ1n) is 3.07. The Morgan fingerprint density at radius 3 is 2.90 bits per heavy atom. The molecule has 0 aromatic carbocycles. The first-order valence-corrected chi connectivity index (χ1v) is 3.07. The van der Waals surface area contributed by atoms with Crippen molar-refractivity contribution < 1.29 is 14.9 Å². The molecule has 1 atom stereocenters. The third kappa shape index (κ3) is 1.30. The van der Waals surface area contributed by atoms with E-state index in [9.17, 15) is 0 Å². The molecule has 0 radical (unpaired) electrons. The summed E-state index contributed by atoms with van der Waals surface area (Å²) in [5, 5.41) is 18.0. The van der Waals surface area contributed by atoms with E-state index in [1.54, 1.807) is 6.08 Å². The molecule has 0 fully saturated rings. The molecule has 56 valence electrons. The molecule has 10 heavy (non-hydrogen) atoms. The number of methoxy groups -OCH3 is 1. The van der Waals surface area contributed by atoms with Crippen LogP contribution in [0.15, 0.2) is 23.7 Å². The van der Waals surface area contributed by atoms with Crippen LogP contribution in [-0.2, 0) is 4.74 Å². The summed E-state index contributed by atoms with van der Waals surface area (Å²) >= 11 is 0. The van der Waals surface area contributed by atoms with Crippen molar-refractivity contribution in [2.24, 2.45) is 0 Å². The molecule has 2 N–H and O–H groups in total. The van der Waals surface area contributed by atoms with Crippen molar-refractivity contribution >= 4 is 0 Å². The van der Waals surface area contributed by atoms with E-state index in [2.05, 4.69) is 0 Å². The topological polar surface area (TPSA) is 49.7 Å². The standard InChI is InChI=1S/C7H10O3/c1-10-7-3-2-5(8)4-6(7)9/h3-5,8-9H,2H2,1H3. The van der Waals surface area contributed by atoms with E-state index in [0.29, 0.717) is 12.2 Å². The summed E-state index contributed by atoms with van der Waals surface area (Å²) in [4.78, 5) is 0. The van der Waals surface area contributed by atoms with Crippen LogP contribution in [0.4, 0.5) is 0 Å². The minimum Gasteiger partial charge on any atom is -0.504 e. The third-order valence-electron chi connectivity index (χ3n) is 1.37. The number of hydrogen-bond acceptors (Lipinski definition) is 3. The van der Waals surface area contributed by atoms with Gasteiger partial charge in [0.25, 0.3) is 0 Å². The van der Waals surface area contributed by atoms with Crippen molar-refractivity contribution in [1.29, 1.82) is 0 Å². The highest BCUT2D eigenvalue weighted by molar-refractivity contribution is 5.24. The van der Waals surface area contributed by atoms with Crippen molar-refractivity contribution in [1.82, 2.24) is 0 Å². The Bertz CT molecular complexity index is 181. The number of aliphatic hydroxyl groups is 2. The molecular formula is C7H10O3.